The van der Waals surface area contributed by atoms with E-state index in [1.165, 1.54) is 33.5 Å². The first-order valence-electron chi connectivity index (χ1n) is 11.9. The summed E-state index contributed by atoms with van der Waals surface area (Å²) in [6.45, 7) is 6.81. The van der Waals surface area contributed by atoms with Gasteiger partial charge in [-0.1, -0.05) is 28.9 Å². The number of nitrogens with zero attached hydrogens (tertiary/aromatic N) is 4. The SMILES string of the molecule is CCOC(=O)N1CCN(S(=O)(=O)c2ccc(C(=O)Nc3nnc(Cc4ccc(C)cc4C)o3)cc2)CC1. The summed E-state index contributed by atoms with van der Waals surface area (Å²) in [7, 11) is -3.78. The Bertz CT molecular complexity index is 1380. The Kier molecular flexibility index (Phi) is 7.89. The van der Waals surface area contributed by atoms with E-state index >= 15 is 0 Å². The van der Waals surface area contributed by atoms with Gasteiger partial charge in [0.15, 0.2) is 0 Å². The Morgan fingerprint density at radius 1 is 1.03 bits per heavy atom. The molecule has 0 radical (unpaired) electrons. The predicted octanol–water partition coefficient (Wildman–Crippen LogP) is 2.99. The van der Waals surface area contributed by atoms with Crippen LogP contribution in [0.4, 0.5) is 10.8 Å². The number of carbonyl (C=O) groups is 2. The van der Waals surface area contributed by atoms with E-state index in [9.17, 15) is 18.0 Å². The van der Waals surface area contributed by atoms with Gasteiger partial charge in [0.1, 0.15) is 0 Å². The van der Waals surface area contributed by atoms with Crippen LogP contribution in [0.2, 0.25) is 0 Å². The molecular weight excluding hydrogens is 498 g/mol. The lowest BCUT2D eigenvalue weighted by molar-refractivity contribution is 0.0933. The number of rotatable bonds is 7. The summed E-state index contributed by atoms with van der Waals surface area (Å²) in [5.74, 6) is -0.138. The third kappa shape index (κ3) is 6.15. The maximum Gasteiger partial charge on any atom is 0.409 e. The molecule has 1 aromatic heterocycles. The van der Waals surface area contributed by atoms with Crippen LogP contribution in [0.3, 0.4) is 0 Å². The van der Waals surface area contributed by atoms with Crippen LogP contribution in [0.5, 0.6) is 0 Å². The standard InChI is InChI=1S/C25H29N5O6S/c1-4-35-25(32)29-11-13-30(14-12-29)37(33,34)21-9-7-19(8-10-21)23(31)26-24-28-27-22(36-24)16-20-6-5-17(2)15-18(20)3/h5-10,15H,4,11-14,16H2,1-3H3,(H,26,28,31). The summed E-state index contributed by atoms with van der Waals surface area (Å²) >= 11 is 0. The van der Waals surface area contributed by atoms with E-state index in [4.69, 9.17) is 9.15 Å². The molecular formula is C25H29N5O6S. The van der Waals surface area contributed by atoms with E-state index in [1.54, 1.807) is 6.92 Å². The summed E-state index contributed by atoms with van der Waals surface area (Å²) in [4.78, 5) is 26.0. The predicted molar refractivity (Wildman–Crippen MR) is 135 cm³/mol. The second kappa shape index (κ2) is 11.1. The number of piperazine rings is 1. The van der Waals surface area contributed by atoms with Crippen LogP contribution in [0.25, 0.3) is 0 Å². The molecule has 4 rings (SSSR count). The second-order valence-corrected chi connectivity index (χ2v) is 10.6. The lowest BCUT2D eigenvalue weighted by Crippen LogP contribution is -2.50. The molecule has 0 spiro atoms. The van der Waals surface area contributed by atoms with Gasteiger partial charge in [-0.25, -0.2) is 13.2 Å². The minimum Gasteiger partial charge on any atom is -0.450 e. The molecule has 3 aromatic rings. The highest BCUT2D eigenvalue weighted by molar-refractivity contribution is 7.89. The Morgan fingerprint density at radius 2 is 1.73 bits per heavy atom. The van der Waals surface area contributed by atoms with Crippen molar-refractivity contribution in [1.29, 1.82) is 0 Å². The summed E-state index contributed by atoms with van der Waals surface area (Å²) in [5.41, 5.74) is 3.56. The molecule has 1 aliphatic rings. The Balaban J connectivity index is 1.36. The molecule has 0 aliphatic carbocycles. The lowest BCUT2D eigenvalue weighted by atomic mass is 10.0. The first-order chi connectivity index (χ1) is 17.7. The van der Waals surface area contributed by atoms with Crippen molar-refractivity contribution in [3.8, 4) is 0 Å². The van der Waals surface area contributed by atoms with Crippen molar-refractivity contribution in [2.45, 2.75) is 32.1 Å². The third-order valence-corrected chi connectivity index (χ3v) is 7.96. The van der Waals surface area contributed by atoms with Gasteiger partial charge in [-0.2, -0.15) is 4.31 Å². The molecule has 0 saturated carbocycles. The highest BCUT2D eigenvalue weighted by Crippen LogP contribution is 2.20. The quantitative estimate of drug-likeness (QED) is 0.495. The largest absolute Gasteiger partial charge is 0.450 e. The van der Waals surface area contributed by atoms with Crippen molar-refractivity contribution in [1.82, 2.24) is 19.4 Å². The van der Waals surface area contributed by atoms with Crippen molar-refractivity contribution in [2.24, 2.45) is 0 Å². The molecule has 0 atom stereocenters. The van der Waals surface area contributed by atoms with Crippen LogP contribution in [-0.2, 0) is 21.2 Å². The highest BCUT2D eigenvalue weighted by atomic mass is 32.2. The number of carbonyl (C=O) groups excluding carboxylic acids is 2. The number of anilines is 1. The van der Waals surface area contributed by atoms with Crippen molar-refractivity contribution in [3.63, 3.8) is 0 Å². The van der Waals surface area contributed by atoms with Gasteiger partial charge < -0.3 is 14.1 Å². The number of amides is 2. The van der Waals surface area contributed by atoms with Crippen LogP contribution in [-0.4, -0.2) is 72.6 Å². The van der Waals surface area contributed by atoms with Crippen LogP contribution >= 0.6 is 0 Å². The van der Waals surface area contributed by atoms with Gasteiger partial charge in [-0.3, -0.25) is 10.1 Å². The topological polar surface area (TPSA) is 135 Å². The van der Waals surface area contributed by atoms with Crippen LogP contribution in [0.1, 0.15) is 39.9 Å². The zero-order chi connectivity index (χ0) is 26.6. The summed E-state index contributed by atoms with van der Waals surface area (Å²) in [6, 6.07) is 11.6. The molecule has 0 unspecified atom stereocenters. The van der Waals surface area contributed by atoms with Crippen molar-refractivity contribution >= 4 is 28.0 Å². The van der Waals surface area contributed by atoms with Crippen molar-refractivity contribution in [3.05, 3.63) is 70.6 Å². The molecule has 0 bridgehead atoms. The molecule has 37 heavy (non-hydrogen) atoms. The molecule has 1 N–H and O–H groups in total. The molecule has 11 nitrogen and oxygen atoms in total. The number of nitrogens with one attached hydrogen (secondary N) is 1. The smallest absolute Gasteiger partial charge is 0.409 e. The van der Waals surface area contributed by atoms with Gasteiger partial charge in [0.05, 0.1) is 17.9 Å². The fourth-order valence-electron chi connectivity index (χ4n) is 4.01. The fourth-order valence-corrected chi connectivity index (χ4v) is 5.43. The minimum atomic E-state index is -3.78. The van der Waals surface area contributed by atoms with Gasteiger partial charge in [0.25, 0.3) is 5.91 Å². The number of ether oxygens (including phenoxy) is 1. The average Bonchev–Trinajstić information content (AvgIpc) is 3.32. The van der Waals surface area contributed by atoms with E-state index in [2.05, 4.69) is 21.6 Å². The maximum absolute atomic E-state index is 13.0. The average molecular weight is 528 g/mol. The van der Waals surface area contributed by atoms with E-state index in [0.717, 1.165) is 16.7 Å². The zero-order valence-corrected chi connectivity index (χ0v) is 21.7. The van der Waals surface area contributed by atoms with Gasteiger partial charge >= 0.3 is 12.1 Å². The Morgan fingerprint density at radius 3 is 2.38 bits per heavy atom. The number of benzene rings is 2. The lowest BCUT2D eigenvalue weighted by Gasteiger charge is -2.33. The zero-order valence-electron chi connectivity index (χ0n) is 20.9. The number of sulfonamides is 1. The van der Waals surface area contributed by atoms with Crippen molar-refractivity contribution < 1.29 is 27.2 Å². The number of aryl methyl sites for hydroxylation is 2. The molecule has 1 aliphatic heterocycles. The number of hydrogen-bond donors (Lipinski definition) is 1. The molecule has 1 fully saturated rings. The maximum atomic E-state index is 13.0. The van der Waals surface area contributed by atoms with Gasteiger partial charge in [-0.05, 0) is 56.2 Å². The van der Waals surface area contributed by atoms with Gasteiger partial charge in [0, 0.05) is 31.7 Å². The monoisotopic (exact) mass is 527 g/mol. The fraction of sp³-hybridized carbons (Fsp3) is 0.360. The molecule has 196 valence electrons. The van der Waals surface area contributed by atoms with Gasteiger partial charge in [-0.15, -0.1) is 5.10 Å². The van der Waals surface area contributed by atoms with Crippen molar-refractivity contribution in [2.75, 3.05) is 38.1 Å². The summed E-state index contributed by atoms with van der Waals surface area (Å²) in [6.07, 6.45) is -0.0104. The molecule has 2 amide bonds. The molecule has 1 saturated heterocycles. The summed E-state index contributed by atoms with van der Waals surface area (Å²) in [5, 5.41) is 10.4. The third-order valence-electron chi connectivity index (χ3n) is 6.05. The van der Waals surface area contributed by atoms with Crippen LogP contribution in [0, 0.1) is 13.8 Å². The molecule has 2 heterocycles. The second-order valence-electron chi connectivity index (χ2n) is 8.68. The van der Waals surface area contributed by atoms with Gasteiger partial charge in [0.2, 0.25) is 15.9 Å². The Hall–Kier alpha value is -3.77. The van der Waals surface area contributed by atoms with Crippen LogP contribution < -0.4 is 5.32 Å². The first-order valence-corrected chi connectivity index (χ1v) is 13.3. The highest BCUT2D eigenvalue weighted by Gasteiger charge is 2.30. The molecule has 12 heteroatoms. The normalized spacial score (nSPS) is 14.4. The number of aromatic nitrogens is 2. The molecule has 2 aromatic carbocycles. The summed E-state index contributed by atoms with van der Waals surface area (Å²) < 4.78 is 37.9. The minimum absolute atomic E-state index is 0.0408. The van der Waals surface area contributed by atoms with Crippen LogP contribution in [0.15, 0.2) is 51.8 Å². The van der Waals surface area contributed by atoms with E-state index in [-0.39, 0.29) is 49.3 Å². The van der Waals surface area contributed by atoms with E-state index in [0.29, 0.717) is 12.3 Å². The first kappa shape index (κ1) is 26.3. The van der Waals surface area contributed by atoms with E-state index in [1.807, 2.05) is 26.0 Å². The van der Waals surface area contributed by atoms with E-state index < -0.39 is 22.0 Å². The number of hydrogen-bond acceptors (Lipinski definition) is 8. The Labute approximate surface area is 215 Å².